The minimum atomic E-state index is -0.0671. The largest absolute Gasteiger partial charge is 0.498 e. The van der Waals surface area contributed by atoms with Crippen LogP contribution in [-0.4, -0.2) is 53.6 Å². The standard InChI is InChI=1S/C34H42O12/c1-5-35-9-13-39-23-43-31-19-27-17-29-21-33(45-25-41-15-11-37-7-3)34(46-26-42-16-12-38-8-4)22-30(29)18-28(27)20-32(31)44-24-40-14-10-36-6-2/h9-22H,5-8,23-26H2,1-4H3/b13-9+,14-10+,15-11+,16-12+. The fourth-order valence-corrected chi connectivity index (χ4v) is 3.72. The second-order valence-corrected chi connectivity index (χ2v) is 8.77. The summed E-state index contributed by atoms with van der Waals surface area (Å²) in [6.07, 6.45) is 11.5. The van der Waals surface area contributed by atoms with Gasteiger partial charge in [-0.25, -0.2) is 0 Å². The molecule has 0 aliphatic rings. The zero-order valence-electron chi connectivity index (χ0n) is 26.6. The van der Waals surface area contributed by atoms with E-state index in [9.17, 15) is 0 Å². The topological polar surface area (TPSA) is 111 Å². The van der Waals surface area contributed by atoms with Gasteiger partial charge in [-0.05, 0) is 85.6 Å². The summed E-state index contributed by atoms with van der Waals surface area (Å²) in [7, 11) is 0. The maximum absolute atomic E-state index is 5.89. The molecule has 0 aromatic heterocycles. The van der Waals surface area contributed by atoms with Gasteiger partial charge < -0.3 is 56.8 Å². The van der Waals surface area contributed by atoms with Gasteiger partial charge in [0, 0.05) is 0 Å². The lowest BCUT2D eigenvalue weighted by Crippen LogP contribution is -2.05. The van der Waals surface area contributed by atoms with Crippen LogP contribution in [0.4, 0.5) is 0 Å². The third kappa shape index (κ3) is 12.4. The fraction of sp³-hybridized carbons (Fsp3) is 0.353. The highest BCUT2D eigenvalue weighted by atomic mass is 16.7. The average Bonchev–Trinajstić information content (AvgIpc) is 3.06. The van der Waals surface area contributed by atoms with Gasteiger partial charge in [0.05, 0.1) is 26.4 Å². The molecule has 0 fully saturated rings. The molecule has 0 saturated carbocycles. The summed E-state index contributed by atoms with van der Waals surface area (Å²) in [5, 5.41) is 3.54. The van der Waals surface area contributed by atoms with Gasteiger partial charge in [-0.15, -0.1) is 0 Å². The number of benzene rings is 3. The van der Waals surface area contributed by atoms with E-state index in [0.717, 1.165) is 21.5 Å². The van der Waals surface area contributed by atoms with Crippen molar-refractivity contribution < 1.29 is 56.8 Å². The van der Waals surface area contributed by atoms with E-state index in [1.54, 1.807) is 0 Å². The summed E-state index contributed by atoms with van der Waals surface area (Å²) in [5.74, 6) is 1.82. The van der Waals surface area contributed by atoms with Gasteiger partial charge in [-0.1, -0.05) is 0 Å². The third-order valence-electron chi connectivity index (χ3n) is 5.71. The molecule has 46 heavy (non-hydrogen) atoms. The predicted molar refractivity (Wildman–Crippen MR) is 171 cm³/mol. The Morgan fingerprint density at radius 1 is 0.326 bits per heavy atom. The van der Waals surface area contributed by atoms with E-state index in [0.29, 0.717) is 49.4 Å². The lowest BCUT2D eigenvalue weighted by molar-refractivity contribution is 0.0543. The lowest BCUT2D eigenvalue weighted by Gasteiger charge is -2.16. The SMILES string of the molecule is CCO/C=C/OCOc1cc2cc3cc(OCO/C=C/OCC)c(OCO/C=C/OCC)cc3cc2cc1OCO/C=C/OCC. The van der Waals surface area contributed by atoms with E-state index in [4.69, 9.17) is 56.8 Å². The molecule has 0 aliphatic carbocycles. The van der Waals surface area contributed by atoms with Crippen molar-refractivity contribution in [2.24, 2.45) is 0 Å². The van der Waals surface area contributed by atoms with Crippen molar-refractivity contribution in [3.63, 3.8) is 0 Å². The van der Waals surface area contributed by atoms with Crippen LogP contribution in [0.2, 0.25) is 0 Å². The van der Waals surface area contributed by atoms with Gasteiger partial charge in [-0.2, -0.15) is 0 Å². The molecule has 0 saturated heterocycles. The second-order valence-electron chi connectivity index (χ2n) is 8.77. The summed E-state index contributed by atoms with van der Waals surface area (Å²) in [6.45, 7) is 9.39. The number of fused-ring (bicyclic) bond motifs is 2. The van der Waals surface area contributed by atoms with Crippen molar-refractivity contribution in [2.75, 3.05) is 53.6 Å². The summed E-state index contributed by atoms with van der Waals surface area (Å²) in [4.78, 5) is 0. The summed E-state index contributed by atoms with van der Waals surface area (Å²) in [5.41, 5.74) is 0. The van der Waals surface area contributed by atoms with E-state index in [-0.39, 0.29) is 27.2 Å². The predicted octanol–water partition coefficient (Wildman–Crippen LogP) is 7.44. The number of rotatable bonds is 24. The molecular formula is C34H42O12. The molecule has 12 heteroatoms. The van der Waals surface area contributed by atoms with Gasteiger partial charge in [0.2, 0.25) is 27.2 Å². The van der Waals surface area contributed by atoms with Crippen molar-refractivity contribution >= 4 is 21.5 Å². The molecule has 3 rings (SSSR count). The first-order chi connectivity index (χ1) is 22.7. The molecule has 0 unspecified atom stereocenters. The smallest absolute Gasteiger partial charge is 0.230 e. The third-order valence-corrected chi connectivity index (χ3v) is 5.71. The highest BCUT2D eigenvalue weighted by Crippen LogP contribution is 2.38. The molecule has 12 nitrogen and oxygen atoms in total. The van der Waals surface area contributed by atoms with Crippen LogP contribution in [0.15, 0.2) is 86.5 Å². The minimum Gasteiger partial charge on any atom is -0.498 e. The number of ether oxygens (including phenoxy) is 12. The van der Waals surface area contributed by atoms with Gasteiger partial charge in [-0.3, -0.25) is 0 Å². The van der Waals surface area contributed by atoms with Crippen molar-refractivity contribution in [3.8, 4) is 23.0 Å². The van der Waals surface area contributed by atoms with Crippen LogP contribution in [0.5, 0.6) is 23.0 Å². The molecule has 250 valence electrons. The number of hydrogen-bond acceptors (Lipinski definition) is 12. The molecule has 3 aromatic carbocycles. The van der Waals surface area contributed by atoms with E-state index in [2.05, 4.69) is 0 Å². The van der Waals surface area contributed by atoms with Gasteiger partial charge >= 0.3 is 0 Å². The molecule has 3 aromatic rings. The van der Waals surface area contributed by atoms with Crippen LogP contribution in [-0.2, 0) is 37.9 Å². The highest BCUT2D eigenvalue weighted by Gasteiger charge is 2.13. The molecule has 0 heterocycles. The minimum absolute atomic E-state index is 0.0671. The Morgan fingerprint density at radius 3 is 0.761 bits per heavy atom. The Labute approximate surface area is 269 Å². The normalized spacial score (nSPS) is 11.4. The molecule has 0 aliphatic heterocycles. The van der Waals surface area contributed by atoms with Crippen molar-refractivity contribution in [3.05, 3.63) is 86.5 Å². The monoisotopic (exact) mass is 642 g/mol. The summed E-state index contributed by atoms with van der Waals surface area (Å²) < 4.78 is 65.7. The van der Waals surface area contributed by atoms with E-state index < -0.39 is 0 Å². The quantitative estimate of drug-likeness (QED) is 0.0419. The Hall–Kier alpha value is -5.26. The van der Waals surface area contributed by atoms with E-state index in [1.807, 2.05) is 64.1 Å². The fourth-order valence-electron chi connectivity index (χ4n) is 3.72. The molecule has 0 amide bonds. The Kier molecular flexibility index (Phi) is 16.4. The van der Waals surface area contributed by atoms with Crippen LogP contribution in [0.1, 0.15) is 27.7 Å². The van der Waals surface area contributed by atoms with Crippen LogP contribution in [0.25, 0.3) is 21.5 Å². The van der Waals surface area contributed by atoms with Gasteiger partial charge in [0.15, 0.2) is 23.0 Å². The first kappa shape index (κ1) is 35.2. The molecule has 0 spiro atoms. The molecule has 0 bridgehead atoms. The maximum atomic E-state index is 5.89. The summed E-state index contributed by atoms with van der Waals surface area (Å²) in [6, 6.07) is 11.5. The van der Waals surface area contributed by atoms with Crippen LogP contribution in [0.3, 0.4) is 0 Å². The molecule has 0 N–H and O–H groups in total. The zero-order chi connectivity index (χ0) is 32.7. The van der Waals surface area contributed by atoms with Crippen LogP contribution in [0, 0.1) is 0 Å². The van der Waals surface area contributed by atoms with Crippen LogP contribution >= 0.6 is 0 Å². The Balaban J connectivity index is 1.89. The van der Waals surface area contributed by atoms with E-state index >= 15 is 0 Å². The lowest BCUT2D eigenvalue weighted by atomic mass is 10.0. The average molecular weight is 643 g/mol. The first-order valence-electron chi connectivity index (χ1n) is 14.8. The molecule has 0 radical (unpaired) electrons. The molecule has 0 atom stereocenters. The van der Waals surface area contributed by atoms with Gasteiger partial charge in [0.25, 0.3) is 0 Å². The maximum Gasteiger partial charge on any atom is 0.230 e. The second kappa shape index (κ2) is 21.4. The van der Waals surface area contributed by atoms with Crippen molar-refractivity contribution in [1.29, 1.82) is 0 Å². The van der Waals surface area contributed by atoms with Crippen molar-refractivity contribution in [2.45, 2.75) is 27.7 Å². The Bertz CT molecular complexity index is 1210. The highest BCUT2D eigenvalue weighted by molar-refractivity contribution is 6.00. The van der Waals surface area contributed by atoms with Crippen LogP contribution < -0.4 is 18.9 Å². The zero-order valence-corrected chi connectivity index (χ0v) is 26.6. The number of hydrogen-bond donors (Lipinski definition) is 0. The van der Waals surface area contributed by atoms with Gasteiger partial charge in [0.1, 0.15) is 50.1 Å². The van der Waals surface area contributed by atoms with Crippen molar-refractivity contribution in [1.82, 2.24) is 0 Å². The van der Waals surface area contributed by atoms with E-state index in [1.165, 1.54) is 50.1 Å². The first-order valence-corrected chi connectivity index (χ1v) is 14.8. The summed E-state index contributed by atoms with van der Waals surface area (Å²) >= 11 is 0. The molecular weight excluding hydrogens is 600 g/mol. The Morgan fingerprint density at radius 2 is 0.543 bits per heavy atom.